The number of benzene rings is 1. The summed E-state index contributed by atoms with van der Waals surface area (Å²) in [5.74, 6) is 0.881. The minimum atomic E-state index is 0.0278. The van der Waals surface area contributed by atoms with Gasteiger partial charge in [-0.2, -0.15) is 0 Å². The summed E-state index contributed by atoms with van der Waals surface area (Å²) < 4.78 is 5.19. The number of nitrogens with zero attached hydrogens (tertiary/aromatic N) is 1. The lowest BCUT2D eigenvalue weighted by atomic mass is 9.86. The molecule has 0 radical (unpaired) electrons. The first-order valence-electron chi connectivity index (χ1n) is 7.45. The Morgan fingerprint density at radius 1 is 1.25 bits per heavy atom. The number of nitrogens with one attached hydrogen (secondary N) is 1. The number of hydrogen-bond donors (Lipinski definition) is 2. The smallest absolute Gasteiger partial charge is 0.119 e. The van der Waals surface area contributed by atoms with Crippen LogP contribution in [0.4, 0.5) is 5.69 Å². The lowest BCUT2D eigenvalue weighted by molar-refractivity contribution is 0.144. The second-order valence-corrected chi connectivity index (χ2v) is 5.97. The van der Waals surface area contributed by atoms with E-state index in [4.69, 9.17) is 10.5 Å². The van der Waals surface area contributed by atoms with Crippen molar-refractivity contribution in [3.05, 3.63) is 24.3 Å². The van der Waals surface area contributed by atoms with Crippen LogP contribution in [0.15, 0.2) is 24.3 Å². The molecule has 0 unspecified atom stereocenters. The summed E-state index contributed by atoms with van der Waals surface area (Å²) in [5.41, 5.74) is 7.21. The van der Waals surface area contributed by atoms with Crippen molar-refractivity contribution in [3.8, 4) is 5.75 Å². The summed E-state index contributed by atoms with van der Waals surface area (Å²) >= 11 is 0. The van der Waals surface area contributed by atoms with Gasteiger partial charge in [0.15, 0.2) is 0 Å². The number of piperidine rings is 1. The van der Waals surface area contributed by atoms with Gasteiger partial charge in [-0.1, -0.05) is 0 Å². The molecule has 0 bridgehead atoms. The average Bonchev–Trinajstić information content (AvgIpc) is 2.48. The molecule has 2 rings (SSSR count). The maximum atomic E-state index is 6.06. The van der Waals surface area contributed by atoms with E-state index in [1.54, 1.807) is 7.11 Å². The normalized spacial score (nSPS) is 19.1. The van der Waals surface area contributed by atoms with Gasteiger partial charge >= 0.3 is 0 Å². The van der Waals surface area contributed by atoms with E-state index in [2.05, 4.69) is 36.2 Å². The van der Waals surface area contributed by atoms with Crippen molar-refractivity contribution in [1.29, 1.82) is 0 Å². The Morgan fingerprint density at radius 2 is 1.85 bits per heavy atom. The van der Waals surface area contributed by atoms with Crippen LogP contribution in [0.1, 0.15) is 26.7 Å². The molecule has 0 amide bonds. The number of hydrogen-bond acceptors (Lipinski definition) is 4. The van der Waals surface area contributed by atoms with Gasteiger partial charge in [0.05, 0.1) is 12.6 Å². The molecular formula is C16H27N3O. The number of anilines is 1. The fraction of sp³-hybridized carbons (Fsp3) is 0.625. The summed E-state index contributed by atoms with van der Waals surface area (Å²) in [6, 6.07) is 8.70. The zero-order valence-electron chi connectivity index (χ0n) is 12.9. The Balaban J connectivity index is 2.01. The Labute approximate surface area is 122 Å². The third kappa shape index (κ3) is 3.44. The highest BCUT2D eigenvalue weighted by Crippen LogP contribution is 2.28. The molecule has 112 valence electrons. The fourth-order valence-electron chi connectivity index (χ4n) is 2.83. The molecule has 0 spiro atoms. The summed E-state index contributed by atoms with van der Waals surface area (Å²) in [6.45, 7) is 7.40. The predicted molar refractivity (Wildman–Crippen MR) is 84.3 cm³/mol. The molecule has 0 aromatic heterocycles. The Kier molecular flexibility index (Phi) is 4.89. The molecule has 4 heteroatoms. The zero-order valence-corrected chi connectivity index (χ0v) is 12.9. The summed E-state index contributed by atoms with van der Waals surface area (Å²) in [6.07, 6.45) is 2.18. The lowest BCUT2D eigenvalue weighted by Crippen LogP contribution is -2.54. The van der Waals surface area contributed by atoms with Crippen LogP contribution < -0.4 is 15.8 Å². The second kappa shape index (κ2) is 6.46. The molecule has 1 heterocycles. The number of nitrogens with two attached hydrogens (primary N) is 1. The van der Waals surface area contributed by atoms with E-state index in [1.807, 2.05) is 12.1 Å². The molecule has 0 aliphatic carbocycles. The quantitative estimate of drug-likeness (QED) is 0.867. The Bertz CT molecular complexity index is 408. The number of rotatable bonds is 5. The number of ether oxygens (including phenoxy) is 1. The molecule has 1 aliphatic heterocycles. The first-order chi connectivity index (χ1) is 9.58. The zero-order chi connectivity index (χ0) is 14.6. The van der Waals surface area contributed by atoms with E-state index < -0.39 is 0 Å². The van der Waals surface area contributed by atoms with Gasteiger partial charge in [0.25, 0.3) is 0 Å². The van der Waals surface area contributed by atoms with Gasteiger partial charge in [0.1, 0.15) is 5.75 Å². The highest BCUT2D eigenvalue weighted by molar-refractivity contribution is 5.48. The molecule has 4 nitrogen and oxygen atoms in total. The number of methoxy groups -OCH3 is 1. The van der Waals surface area contributed by atoms with Crippen molar-refractivity contribution in [2.24, 2.45) is 5.73 Å². The van der Waals surface area contributed by atoms with Crippen LogP contribution in [0.3, 0.4) is 0 Å². The predicted octanol–water partition coefficient (Wildman–Crippen LogP) is 2.31. The average molecular weight is 277 g/mol. The second-order valence-electron chi connectivity index (χ2n) is 5.97. The van der Waals surface area contributed by atoms with E-state index in [9.17, 15) is 0 Å². The Hall–Kier alpha value is -1.26. The van der Waals surface area contributed by atoms with Crippen molar-refractivity contribution >= 4 is 5.69 Å². The van der Waals surface area contributed by atoms with E-state index in [0.717, 1.165) is 37.4 Å². The molecule has 0 atom stereocenters. The molecule has 1 aromatic carbocycles. The van der Waals surface area contributed by atoms with Gasteiger partial charge in [-0.25, -0.2) is 0 Å². The highest BCUT2D eigenvalue weighted by atomic mass is 16.5. The molecule has 1 aliphatic rings. The van der Waals surface area contributed by atoms with E-state index in [-0.39, 0.29) is 5.54 Å². The minimum absolute atomic E-state index is 0.0278. The van der Waals surface area contributed by atoms with Crippen LogP contribution in [-0.2, 0) is 0 Å². The summed E-state index contributed by atoms with van der Waals surface area (Å²) in [4.78, 5) is 2.52. The third-order valence-corrected chi connectivity index (χ3v) is 4.38. The first-order valence-corrected chi connectivity index (χ1v) is 7.45. The van der Waals surface area contributed by atoms with Crippen LogP contribution in [0.25, 0.3) is 0 Å². The van der Waals surface area contributed by atoms with Gasteiger partial charge in [-0.15, -0.1) is 0 Å². The van der Waals surface area contributed by atoms with E-state index in [1.165, 1.54) is 0 Å². The van der Waals surface area contributed by atoms with Gasteiger partial charge in [0, 0.05) is 31.4 Å². The highest BCUT2D eigenvalue weighted by Gasteiger charge is 2.33. The molecule has 1 fully saturated rings. The van der Waals surface area contributed by atoms with Gasteiger partial charge in [0.2, 0.25) is 0 Å². The topological polar surface area (TPSA) is 50.5 Å². The first kappa shape index (κ1) is 15.1. The third-order valence-electron chi connectivity index (χ3n) is 4.38. The molecule has 0 saturated carbocycles. The van der Waals surface area contributed by atoms with Crippen molar-refractivity contribution in [3.63, 3.8) is 0 Å². The molecular weight excluding hydrogens is 250 g/mol. The van der Waals surface area contributed by atoms with Crippen molar-refractivity contribution in [2.45, 2.75) is 38.3 Å². The lowest BCUT2D eigenvalue weighted by Gasteiger charge is -2.43. The van der Waals surface area contributed by atoms with E-state index >= 15 is 0 Å². The summed E-state index contributed by atoms with van der Waals surface area (Å²) in [5, 5.41) is 3.65. The molecule has 1 aromatic rings. The van der Waals surface area contributed by atoms with Gasteiger partial charge in [-0.3, -0.25) is 0 Å². The molecule has 3 N–H and O–H groups in total. The van der Waals surface area contributed by atoms with Gasteiger partial charge in [-0.05, 0) is 51.0 Å². The van der Waals surface area contributed by atoms with Crippen LogP contribution in [0.5, 0.6) is 5.75 Å². The van der Waals surface area contributed by atoms with Crippen LogP contribution in [0.2, 0.25) is 0 Å². The fourth-order valence-corrected chi connectivity index (χ4v) is 2.83. The monoisotopic (exact) mass is 277 g/mol. The maximum Gasteiger partial charge on any atom is 0.119 e. The van der Waals surface area contributed by atoms with Crippen molar-refractivity contribution in [1.82, 2.24) is 4.90 Å². The largest absolute Gasteiger partial charge is 0.497 e. The van der Waals surface area contributed by atoms with Gasteiger partial charge < -0.3 is 20.7 Å². The molecule has 1 saturated heterocycles. The maximum absolute atomic E-state index is 6.06. The molecule has 20 heavy (non-hydrogen) atoms. The van der Waals surface area contributed by atoms with E-state index in [0.29, 0.717) is 12.6 Å². The SMILES string of the molecule is COc1ccc(NC2(CN)CCN(C(C)C)CC2)cc1. The van der Waals surface area contributed by atoms with Crippen LogP contribution in [-0.4, -0.2) is 43.2 Å². The van der Waals surface area contributed by atoms with Crippen LogP contribution >= 0.6 is 0 Å². The standard InChI is InChI=1S/C16H27N3O/c1-13(2)19-10-8-16(12-17,9-11-19)18-14-4-6-15(20-3)7-5-14/h4-7,13,18H,8-12,17H2,1-3H3. The number of likely N-dealkylation sites (tertiary alicyclic amines) is 1. The minimum Gasteiger partial charge on any atom is -0.497 e. The Morgan fingerprint density at radius 3 is 2.30 bits per heavy atom. The van der Waals surface area contributed by atoms with Crippen molar-refractivity contribution < 1.29 is 4.74 Å². The summed E-state index contributed by atoms with van der Waals surface area (Å²) in [7, 11) is 1.69. The van der Waals surface area contributed by atoms with Crippen LogP contribution in [0, 0.1) is 0 Å². The van der Waals surface area contributed by atoms with Crippen molar-refractivity contribution in [2.75, 3.05) is 32.1 Å².